The summed E-state index contributed by atoms with van der Waals surface area (Å²) < 4.78 is 0. The van der Waals surface area contributed by atoms with E-state index in [9.17, 15) is 0 Å². The number of hydrogen-bond acceptors (Lipinski definition) is 2. The highest BCUT2D eigenvalue weighted by Crippen LogP contribution is 2.32. The molecule has 0 spiro atoms. The Kier molecular flexibility index (Phi) is 6.83. The van der Waals surface area contributed by atoms with Crippen molar-refractivity contribution in [1.82, 2.24) is 10.2 Å². The van der Waals surface area contributed by atoms with Gasteiger partial charge in [0.25, 0.3) is 0 Å². The molecule has 1 heterocycles. The van der Waals surface area contributed by atoms with Gasteiger partial charge in [-0.05, 0) is 69.5 Å². The molecule has 1 atom stereocenters. The summed E-state index contributed by atoms with van der Waals surface area (Å²) in [5.74, 6) is 2.73. The molecule has 20 heavy (non-hydrogen) atoms. The van der Waals surface area contributed by atoms with Crippen LogP contribution in [0.4, 0.5) is 0 Å². The molecule has 1 saturated carbocycles. The van der Waals surface area contributed by atoms with Crippen molar-refractivity contribution in [2.75, 3.05) is 26.2 Å². The number of rotatable bonds is 7. The molecular weight excluding hydrogens is 244 g/mol. The SMILES string of the molecule is CCCC1CCC(N2CCC(CNCC(C)C)C2)CC1. The normalized spacial score (nSPS) is 32.1. The predicted molar refractivity (Wildman–Crippen MR) is 88.0 cm³/mol. The maximum Gasteiger partial charge on any atom is 0.00955 e. The van der Waals surface area contributed by atoms with Gasteiger partial charge in [0, 0.05) is 12.6 Å². The Morgan fingerprint density at radius 2 is 1.80 bits per heavy atom. The third kappa shape index (κ3) is 5.04. The molecule has 118 valence electrons. The van der Waals surface area contributed by atoms with Crippen molar-refractivity contribution in [3.63, 3.8) is 0 Å². The second-order valence-electron chi connectivity index (χ2n) is 7.66. The molecule has 2 heteroatoms. The van der Waals surface area contributed by atoms with Crippen LogP contribution in [0.5, 0.6) is 0 Å². The molecule has 0 aromatic heterocycles. The summed E-state index contributed by atoms with van der Waals surface area (Å²) >= 11 is 0. The third-order valence-corrected chi connectivity index (χ3v) is 5.33. The minimum absolute atomic E-state index is 0.779. The summed E-state index contributed by atoms with van der Waals surface area (Å²) in [7, 11) is 0. The fourth-order valence-electron chi connectivity index (χ4n) is 4.14. The Morgan fingerprint density at radius 1 is 1.05 bits per heavy atom. The molecule has 2 fully saturated rings. The van der Waals surface area contributed by atoms with Crippen LogP contribution in [-0.2, 0) is 0 Å². The van der Waals surface area contributed by atoms with Crippen LogP contribution in [0.2, 0.25) is 0 Å². The van der Waals surface area contributed by atoms with Gasteiger partial charge in [0.2, 0.25) is 0 Å². The highest BCUT2D eigenvalue weighted by molar-refractivity contribution is 4.85. The van der Waals surface area contributed by atoms with Crippen LogP contribution in [0.15, 0.2) is 0 Å². The average Bonchev–Trinajstić information content (AvgIpc) is 2.88. The van der Waals surface area contributed by atoms with Crippen molar-refractivity contribution in [2.24, 2.45) is 17.8 Å². The number of nitrogens with one attached hydrogen (secondary N) is 1. The van der Waals surface area contributed by atoms with Crippen molar-refractivity contribution >= 4 is 0 Å². The minimum atomic E-state index is 0.779. The second kappa shape index (κ2) is 8.38. The van der Waals surface area contributed by atoms with E-state index in [0.29, 0.717) is 0 Å². The summed E-state index contributed by atoms with van der Waals surface area (Å²) in [5.41, 5.74) is 0. The highest BCUT2D eigenvalue weighted by atomic mass is 15.2. The summed E-state index contributed by atoms with van der Waals surface area (Å²) in [5, 5.41) is 3.65. The smallest absolute Gasteiger partial charge is 0.00955 e. The first-order valence-corrected chi connectivity index (χ1v) is 9.13. The third-order valence-electron chi connectivity index (χ3n) is 5.33. The monoisotopic (exact) mass is 280 g/mol. The van der Waals surface area contributed by atoms with Gasteiger partial charge in [-0.2, -0.15) is 0 Å². The minimum Gasteiger partial charge on any atom is -0.316 e. The van der Waals surface area contributed by atoms with E-state index in [1.54, 1.807) is 0 Å². The Hall–Kier alpha value is -0.0800. The molecule has 2 rings (SSSR count). The number of likely N-dealkylation sites (tertiary alicyclic amines) is 1. The second-order valence-corrected chi connectivity index (χ2v) is 7.66. The summed E-state index contributed by atoms with van der Waals surface area (Å²) in [6.45, 7) is 12.1. The Balaban J connectivity index is 1.63. The van der Waals surface area contributed by atoms with Gasteiger partial charge in [-0.15, -0.1) is 0 Å². The zero-order valence-electron chi connectivity index (χ0n) is 14.0. The first-order valence-electron chi connectivity index (χ1n) is 9.13. The van der Waals surface area contributed by atoms with Crippen LogP contribution in [0.1, 0.15) is 65.7 Å². The molecule has 1 N–H and O–H groups in total. The lowest BCUT2D eigenvalue weighted by Crippen LogP contribution is -2.37. The van der Waals surface area contributed by atoms with Gasteiger partial charge in [0.15, 0.2) is 0 Å². The van der Waals surface area contributed by atoms with Crippen molar-refractivity contribution in [3.8, 4) is 0 Å². The molecular formula is C18H36N2. The Morgan fingerprint density at radius 3 is 2.45 bits per heavy atom. The fraction of sp³-hybridized carbons (Fsp3) is 1.00. The van der Waals surface area contributed by atoms with E-state index in [-0.39, 0.29) is 0 Å². The average molecular weight is 281 g/mol. The van der Waals surface area contributed by atoms with E-state index in [4.69, 9.17) is 0 Å². The van der Waals surface area contributed by atoms with E-state index < -0.39 is 0 Å². The molecule has 1 aliphatic carbocycles. The summed E-state index contributed by atoms with van der Waals surface area (Å²) in [6, 6.07) is 0.915. The topological polar surface area (TPSA) is 15.3 Å². The van der Waals surface area contributed by atoms with Gasteiger partial charge >= 0.3 is 0 Å². The first kappa shape index (κ1) is 16.3. The van der Waals surface area contributed by atoms with Gasteiger partial charge in [-0.25, -0.2) is 0 Å². The molecule has 1 unspecified atom stereocenters. The van der Waals surface area contributed by atoms with E-state index >= 15 is 0 Å². The van der Waals surface area contributed by atoms with Gasteiger partial charge < -0.3 is 10.2 Å². The van der Waals surface area contributed by atoms with Crippen LogP contribution < -0.4 is 5.32 Å². The van der Waals surface area contributed by atoms with Gasteiger partial charge in [-0.3, -0.25) is 0 Å². The van der Waals surface area contributed by atoms with Crippen molar-refractivity contribution in [2.45, 2.75) is 71.8 Å². The van der Waals surface area contributed by atoms with Crippen LogP contribution in [-0.4, -0.2) is 37.1 Å². The number of hydrogen-bond donors (Lipinski definition) is 1. The van der Waals surface area contributed by atoms with Gasteiger partial charge in [0.05, 0.1) is 0 Å². The largest absolute Gasteiger partial charge is 0.316 e. The van der Waals surface area contributed by atoms with E-state index in [0.717, 1.165) is 23.8 Å². The van der Waals surface area contributed by atoms with Crippen molar-refractivity contribution in [3.05, 3.63) is 0 Å². The molecule has 1 aliphatic heterocycles. The first-order chi connectivity index (χ1) is 9.69. The molecule has 0 radical (unpaired) electrons. The Bertz CT molecular complexity index is 256. The van der Waals surface area contributed by atoms with Crippen molar-refractivity contribution < 1.29 is 0 Å². The van der Waals surface area contributed by atoms with Gasteiger partial charge in [0.1, 0.15) is 0 Å². The standard InChI is InChI=1S/C18H36N2/c1-4-5-16-6-8-18(9-7-16)20-11-10-17(14-20)13-19-12-15(2)3/h15-19H,4-14H2,1-3H3. The lowest BCUT2D eigenvalue weighted by molar-refractivity contribution is 0.156. The lowest BCUT2D eigenvalue weighted by Gasteiger charge is -2.34. The molecule has 1 saturated heterocycles. The lowest BCUT2D eigenvalue weighted by atomic mass is 9.83. The maximum absolute atomic E-state index is 3.65. The summed E-state index contributed by atoms with van der Waals surface area (Å²) in [6.07, 6.45) is 10.2. The van der Waals surface area contributed by atoms with Crippen molar-refractivity contribution in [1.29, 1.82) is 0 Å². The highest BCUT2D eigenvalue weighted by Gasteiger charge is 2.30. The van der Waals surface area contributed by atoms with E-state index in [1.165, 1.54) is 71.1 Å². The quantitative estimate of drug-likeness (QED) is 0.760. The summed E-state index contributed by atoms with van der Waals surface area (Å²) in [4.78, 5) is 2.81. The van der Waals surface area contributed by atoms with Crippen LogP contribution in [0, 0.1) is 17.8 Å². The predicted octanol–water partition coefficient (Wildman–Crippen LogP) is 3.91. The molecule has 2 nitrogen and oxygen atoms in total. The number of nitrogens with zero attached hydrogens (tertiary/aromatic N) is 1. The van der Waals surface area contributed by atoms with Crippen LogP contribution in [0.25, 0.3) is 0 Å². The van der Waals surface area contributed by atoms with Gasteiger partial charge in [-0.1, -0.05) is 33.6 Å². The molecule has 0 bridgehead atoms. The Labute approximate surface area is 126 Å². The molecule has 0 aromatic carbocycles. The molecule has 2 aliphatic rings. The zero-order valence-corrected chi connectivity index (χ0v) is 14.0. The van der Waals surface area contributed by atoms with E-state index in [1.807, 2.05) is 0 Å². The molecule has 0 aromatic rings. The van der Waals surface area contributed by atoms with E-state index in [2.05, 4.69) is 31.0 Å². The van der Waals surface area contributed by atoms with Crippen LogP contribution >= 0.6 is 0 Å². The maximum atomic E-state index is 3.65. The van der Waals surface area contributed by atoms with Crippen LogP contribution in [0.3, 0.4) is 0 Å². The zero-order chi connectivity index (χ0) is 14.4. The molecule has 0 amide bonds. The fourth-order valence-corrected chi connectivity index (χ4v) is 4.14.